The molecule has 0 radical (unpaired) electrons. The largest absolute Gasteiger partial charge is 0.419 e. The lowest BCUT2D eigenvalue weighted by atomic mass is 10.2. The van der Waals surface area contributed by atoms with Gasteiger partial charge in [0.25, 0.3) is 0 Å². The first kappa shape index (κ1) is 15.2. The summed E-state index contributed by atoms with van der Waals surface area (Å²) in [7, 11) is 1.52. The highest BCUT2D eigenvalue weighted by Gasteiger charge is 2.35. The van der Waals surface area contributed by atoms with Crippen LogP contribution in [0.15, 0.2) is 16.7 Å². The molecule has 0 amide bonds. The van der Waals surface area contributed by atoms with Crippen molar-refractivity contribution in [1.29, 1.82) is 0 Å². The van der Waals surface area contributed by atoms with Crippen LogP contribution in [0.1, 0.15) is 12.0 Å². The molecule has 0 aliphatic carbocycles. The summed E-state index contributed by atoms with van der Waals surface area (Å²) in [6, 6.07) is 1.000. The Kier molecular flexibility index (Phi) is 4.92. The standard InChI is InChI=1S/C10H11BrF3N3S/c1-17(3-2-8(15)18)9-7(10(12,13)14)4-6(11)5-16-9/h4-5H,2-3H2,1H3,(H2,15,18). The lowest BCUT2D eigenvalue weighted by Gasteiger charge is -2.22. The van der Waals surface area contributed by atoms with Crippen molar-refractivity contribution in [2.75, 3.05) is 18.5 Å². The Morgan fingerprint density at radius 3 is 2.67 bits per heavy atom. The fourth-order valence-electron chi connectivity index (χ4n) is 1.33. The molecule has 8 heteroatoms. The van der Waals surface area contributed by atoms with Crippen LogP contribution < -0.4 is 10.6 Å². The Morgan fingerprint density at radius 2 is 2.17 bits per heavy atom. The Morgan fingerprint density at radius 1 is 1.56 bits per heavy atom. The predicted octanol–water partition coefficient (Wildman–Crippen LogP) is 2.98. The number of nitrogens with two attached hydrogens (primary N) is 1. The first-order chi connectivity index (χ1) is 8.21. The van der Waals surface area contributed by atoms with Crippen molar-refractivity contribution in [3.8, 4) is 0 Å². The molecule has 1 rings (SSSR count). The molecule has 0 atom stereocenters. The smallest absolute Gasteiger partial charge is 0.393 e. The van der Waals surface area contributed by atoms with Crippen LogP contribution in [-0.4, -0.2) is 23.6 Å². The highest BCUT2D eigenvalue weighted by Crippen LogP contribution is 2.36. The van der Waals surface area contributed by atoms with Crippen molar-refractivity contribution in [2.24, 2.45) is 5.73 Å². The number of aromatic nitrogens is 1. The summed E-state index contributed by atoms with van der Waals surface area (Å²) in [6.07, 6.45) is -2.80. The van der Waals surface area contributed by atoms with Crippen molar-refractivity contribution in [1.82, 2.24) is 4.98 Å². The molecule has 0 aliphatic heterocycles. The second kappa shape index (κ2) is 5.83. The first-order valence-electron chi connectivity index (χ1n) is 4.94. The molecule has 0 spiro atoms. The maximum atomic E-state index is 12.8. The van der Waals surface area contributed by atoms with E-state index >= 15 is 0 Å². The zero-order chi connectivity index (χ0) is 13.9. The van der Waals surface area contributed by atoms with E-state index in [0.717, 1.165) is 6.07 Å². The van der Waals surface area contributed by atoms with E-state index < -0.39 is 11.7 Å². The van der Waals surface area contributed by atoms with Gasteiger partial charge in [-0.3, -0.25) is 0 Å². The molecule has 3 nitrogen and oxygen atoms in total. The monoisotopic (exact) mass is 341 g/mol. The van der Waals surface area contributed by atoms with Crippen LogP contribution in [0.4, 0.5) is 19.0 Å². The minimum Gasteiger partial charge on any atom is -0.393 e. The molecule has 0 saturated carbocycles. The van der Waals surface area contributed by atoms with Gasteiger partial charge in [0, 0.05) is 30.7 Å². The van der Waals surface area contributed by atoms with Crippen molar-refractivity contribution in [2.45, 2.75) is 12.6 Å². The quantitative estimate of drug-likeness (QED) is 0.855. The number of nitrogens with zero attached hydrogens (tertiary/aromatic N) is 2. The van der Waals surface area contributed by atoms with Gasteiger partial charge in [0.05, 0.1) is 10.6 Å². The van der Waals surface area contributed by atoms with Crippen LogP contribution in [0.5, 0.6) is 0 Å². The topological polar surface area (TPSA) is 42.1 Å². The third kappa shape index (κ3) is 4.09. The fraction of sp³-hybridized carbons (Fsp3) is 0.400. The summed E-state index contributed by atoms with van der Waals surface area (Å²) in [4.78, 5) is 5.44. The number of rotatable bonds is 4. The Hall–Kier alpha value is -0.890. The molecule has 2 N–H and O–H groups in total. The van der Waals surface area contributed by atoms with E-state index in [1.165, 1.54) is 18.1 Å². The second-order valence-corrected chi connectivity index (χ2v) is 5.10. The van der Waals surface area contributed by atoms with Crippen LogP contribution >= 0.6 is 28.1 Å². The van der Waals surface area contributed by atoms with E-state index in [-0.39, 0.29) is 21.8 Å². The molecule has 0 fully saturated rings. The van der Waals surface area contributed by atoms with E-state index in [9.17, 15) is 13.2 Å². The fourth-order valence-corrected chi connectivity index (χ4v) is 1.75. The number of alkyl halides is 3. The third-order valence-corrected chi connectivity index (χ3v) is 2.83. The molecule has 0 aromatic carbocycles. The highest BCUT2D eigenvalue weighted by molar-refractivity contribution is 9.10. The van der Waals surface area contributed by atoms with E-state index in [1.807, 2.05) is 0 Å². The number of anilines is 1. The summed E-state index contributed by atoms with van der Waals surface area (Å²) in [5.74, 6) is -0.137. The predicted molar refractivity (Wildman–Crippen MR) is 71.6 cm³/mol. The Balaban J connectivity index is 3.04. The first-order valence-corrected chi connectivity index (χ1v) is 6.14. The van der Waals surface area contributed by atoms with Gasteiger partial charge in [-0.2, -0.15) is 13.2 Å². The lowest BCUT2D eigenvalue weighted by molar-refractivity contribution is -0.137. The average molecular weight is 342 g/mol. The van der Waals surface area contributed by atoms with Crippen molar-refractivity contribution < 1.29 is 13.2 Å². The summed E-state index contributed by atoms with van der Waals surface area (Å²) in [6.45, 7) is 0.285. The van der Waals surface area contributed by atoms with E-state index in [2.05, 4.69) is 20.9 Å². The van der Waals surface area contributed by atoms with Crippen molar-refractivity contribution >= 4 is 39.0 Å². The molecule has 18 heavy (non-hydrogen) atoms. The van der Waals surface area contributed by atoms with Crippen LogP contribution in [0.25, 0.3) is 0 Å². The van der Waals surface area contributed by atoms with Gasteiger partial charge in [0.1, 0.15) is 5.82 Å². The van der Waals surface area contributed by atoms with E-state index in [1.54, 1.807) is 0 Å². The van der Waals surface area contributed by atoms with Gasteiger partial charge in [-0.1, -0.05) is 12.2 Å². The minimum absolute atomic E-state index is 0.137. The maximum absolute atomic E-state index is 12.8. The zero-order valence-electron chi connectivity index (χ0n) is 9.46. The van der Waals surface area contributed by atoms with Gasteiger partial charge in [-0.25, -0.2) is 4.98 Å². The van der Waals surface area contributed by atoms with E-state index in [4.69, 9.17) is 18.0 Å². The number of pyridine rings is 1. The Labute approximate surface area is 116 Å². The molecule has 1 heterocycles. The van der Waals surface area contributed by atoms with Crippen LogP contribution in [0.3, 0.4) is 0 Å². The van der Waals surface area contributed by atoms with Crippen molar-refractivity contribution in [3.63, 3.8) is 0 Å². The molecule has 1 aromatic rings. The van der Waals surface area contributed by atoms with Crippen molar-refractivity contribution in [3.05, 3.63) is 22.3 Å². The van der Waals surface area contributed by atoms with Gasteiger partial charge < -0.3 is 10.6 Å². The molecular weight excluding hydrogens is 331 g/mol. The van der Waals surface area contributed by atoms with Gasteiger partial charge in [0.15, 0.2) is 0 Å². The van der Waals surface area contributed by atoms with E-state index in [0.29, 0.717) is 6.42 Å². The van der Waals surface area contributed by atoms with Gasteiger partial charge >= 0.3 is 6.18 Å². The molecule has 1 aromatic heterocycles. The van der Waals surface area contributed by atoms with Crippen LogP contribution in [0, 0.1) is 0 Å². The average Bonchev–Trinajstić information content (AvgIpc) is 2.24. The van der Waals surface area contributed by atoms with Crippen LogP contribution in [0.2, 0.25) is 0 Å². The molecule has 0 bridgehead atoms. The maximum Gasteiger partial charge on any atom is 0.419 e. The summed E-state index contributed by atoms with van der Waals surface area (Å²) >= 11 is 7.67. The van der Waals surface area contributed by atoms with Crippen LogP contribution in [-0.2, 0) is 6.18 Å². The third-order valence-electron chi connectivity index (χ3n) is 2.19. The summed E-state index contributed by atoms with van der Waals surface area (Å²) in [5.41, 5.74) is 4.53. The SMILES string of the molecule is CN(CCC(N)=S)c1ncc(Br)cc1C(F)(F)F. The van der Waals surface area contributed by atoms with Gasteiger partial charge in [-0.05, 0) is 22.0 Å². The second-order valence-electron chi connectivity index (χ2n) is 3.66. The molecular formula is C10H11BrF3N3S. The van der Waals surface area contributed by atoms with Gasteiger partial charge in [0.2, 0.25) is 0 Å². The molecule has 0 aliphatic rings. The Bertz CT molecular complexity index is 450. The number of hydrogen-bond acceptors (Lipinski definition) is 3. The van der Waals surface area contributed by atoms with Gasteiger partial charge in [-0.15, -0.1) is 0 Å². The number of thiocarbonyl (C=S) groups is 1. The molecule has 0 unspecified atom stereocenters. The highest BCUT2D eigenvalue weighted by atomic mass is 79.9. The summed E-state index contributed by atoms with van der Waals surface area (Å²) in [5, 5.41) is 0. The number of halogens is 4. The lowest BCUT2D eigenvalue weighted by Crippen LogP contribution is -2.26. The molecule has 0 saturated heterocycles. The number of hydrogen-bond donors (Lipinski definition) is 1. The minimum atomic E-state index is -4.45. The zero-order valence-corrected chi connectivity index (χ0v) is 11.9. The molecule has 100 valence electrons. The normalized spacial score (nSPS) is 11.4. The summed E-state index contributed by atoms with van der Waals surface area (Å²) < 4.78 is 38.8.